The summed E-state index contributed by atoms with van der Waals surface area (Å²) in [7, 11) is -3.89. The van der Waals surface area contributed by atoms with Crippen molar-refractivity contribution in [3.63, 3.8) is 0 Å². The van der Waals surface area contributed by atoms with E-state index in [-0.39, 0.29) is 17.1 Å². The minimum absolute atomic E-state index is 0.222. The van der Waals surface area contributed by atoms with Gasteiger partial charge in [0.2, 0.25) is 10.0 Å². The highest BCUT2D eigenvalue weighted by molar-refractivity contribution is 7.89. The van der Waals surface area contributed by atoms with E-state index in [1.54, 1.807) is 0 Å². The van der Waals surface area contributed by atoms with E-state index in [9.17, 15) is 18.5 Å². The van der Waals surface area contributed by atoms with E-state index in [4.69, 9.17) is 0 Å². The van der Waals surface area contributed by atoms with Crippen LogP contribution in [0, 0.1) is 10.1 Å². The molecular weight excluding hydrogens is 294 g/mol. The van der Waals surface area contributed by atoms with E-state index < -0.39 is 20.6 Å². The van der Waals surface area contributed by atoms with Crippen molar-refractivity contribution in [3.05, 3.63) is 28.3 Å². The Morgan fingerprint density at radius 1 is 1.19 bits per heavy atom. The van der Waals surface area contributed by atoms with Gasteiger partial charge in [0.15, 0.2) is 4.90 Å². The summed E-state index contributed by atoms with van der Waals surface area (Å²) in [5, 5.41) is 14.1. The largest absolute Gasteiger partial charge is 0.379 e. The van der Waals surface area contributed by atoms with Gasteiger partial charge in [0.05, 0.1) is 4.92 Å². The maximum absolute atomic E-state index is 12.2. The van der Waals surface area contributed by atoms with Gasteiger partial charge in [0.25, 0.3) is 0 Å². The predicted molar refractivity (Wildman–Crippen MR) is 82.0 cm³/mol. The molecule has 1 aromatic carbocycles. The topological polar surface area (TPSA) is 101 Å². The zero-order valence-corrected chi connectivity index (χ0v) is 13.1. The van der Waals surface area contributed by atoms with Crippen LogP contribution in [0.25, 0.3) is 0 Å². The van der Waals surface area contributed by atoms with Crippen LogP contribution in [0.5, 0.6) is 0 Å². The predicted octanol–water partition coefficient (Wildman–Crippen LogP) is 2.50. The first-order valence-corrected chi connectivity index (χ1v) is 8.43. The third-order valence-corrected chi connectivity index (χ3v) is 4.35. The van der Waals surface area contributed by atoms with E-state index in [1.807, 2.05) is 13.8 Å². The van der Waals surface area contributed by atoms with Crippen molar-refractivity contribution in [1.29, 1.82) is 0 Å². The number of sulfonamides is 1. The number of hydrogen-bond donors (Lipinski definition) is 2. The molecule has 0 aliphatic carbocycles. The van der Waals surface area contributed by atoms with Crippen molar-refractivity contribution in [2.75, 3.05) is 18.4 Å². The lowest BCUT2D eigenvalue weighted by molar-refractivity contribution is -0.386. The van der Waals surface area contributed by atoms with Crippen molar-refractivity contribution in [1.82, 2.24) is 4.72 Å². The van der Waals surface area contributed by atoms with E-state index in [0.717, 1.165) is 12.8 Å². The second kappa shape index (κ2) is 7.94. The average Bonchev–Trinajstić information content (AvgIpc) is 2.44. The number of nitrogens with one attached hydrogen (secondary N) is 2. The number of unbranched alkanes of at least 4 members (excludes halogenated alkanes) is 1. The van der Waals surface area contributed by atoms with Gasteiger partial charge in [-0.3, -0.25) is 10.1 Å². The minimum atomic E-state index is -3.89. The number of para-hydroxylation sites is 1. The van der Waals surface area contributed by atoms with Crippen molar-refractivity contribution in [2.24, 2.45) is 0 Å². The molecule has 0 spiro atoms. The molecule has 8 heteroatoms. The number of anilines is 1. The highest BCUT2D eigenvalue weighted by Crippen LogP contribution is 2.31. The van der Waals surface area contributed by atoms with E-state index >= 15 is 0 Å². The Morgan fingerprint density at radius 3 is 2.48 bits per heavy atom. The van der Waals surface area contributed by atoms with Gasteiger partial charge < -0.3 is 5.32 Å². The van der Waals surface area contributed by atoms with Crippen molar-refractivity contribution in [3.8, 4) is 0 Å². The zero-order valence-electron chi connectivity index (χ0n) is 12.3. The molecule has 0 saturated heterocycles. The maximum atomic E-state index is 12.2. The van der Waals surface area contributed by atoms with Gasteiger partial charge in [-0.15, -0.1) is 0 Å². The number of nitro groups is 1. The van der Waals surface area contributed by atoms with Gasteiger partial charge in [-0.1, -0.05) is 26.3 Å². The Hall–Kier alpha value is -1.67. The second-order valence-corrected chi connectivity index (χ2v) is 6.32. The van der Waals surface area contributed by atoms with Crippen LogP contribution in [0.1, 0.15) is 33.1 Å². The molecule has 2 N–H and O–H groups in total. The molecule has 0 aliphatic rings. The molecule has 0 radical (unpaired) electrons. The van der Waals surface area contributed by atoms with Gasteiger partial charge in [-0.25, -0.2) is 13.1 Å². The molecule has 0 unspecified atom stereocenters. The van der Waals surface area contributed by atoms with Crippen LogP contribution < -0.4 is 10.0 Å². The highest BCUT2D eigenvalue weighted by Gasteiger charge is 2.28. The second-order valence-electron chi connectivity index (χ2n) is 4.59. The van der Waals surface area contributed by atoms with Crippen LogP contribution in [-0.2, 0) is 10.0 Å². The molecular formula is C13H21N3O4S. The molecule has 0 aromatic heterocycles. The van der Waals surface area contributed by atoms with Gasteiger partial charge in [0.1, 0.15) is 5.69 Å². The molecule has 0 amide bonds. The molecule has 118 valence electrons. The fourth-order valence-electron chi connectivity index (χ4n) is 1.79. The summed E-state index contributed by atoms with van der Waals surface area (Å²) < 4.78 is 26.8. The SMILES string of the molecule is CCCCNS(=O)(=O)c1cccc(NCCC)c1[N+](=O)[O-]. The zero-order chi connectivity index (χ0) is 15.9. The first kappa shape index (κ1) is 17.4. The molecule has 1 aromatic rings. The highest BCUT2D eigenvalue weighted by atomic mass is 32.2. The fourth-order valence-corrected chi connectivity index (χ4v) is 3.06. The smallest absolute Gasteiger partial charge is 0.312 e. The van der Waals surface area contributed by atoms with E-state index in [1.165, 1.54) is 18.2 Å². The van der Waals surface area contributed by atoms with Crippen LogP contribution in [-0.4, -0.2) is 26.4 Å². The van der Waals surface area contributed by atoms with E-state index in [2.05, 4.69) is 10.0 Å². The molecule has 0 atom stereocenters. The molecule has 0 aliphatic heterocycles. The average molecular weight is 315 g/mol. The van der Waals surface area contributed by atoms with Crippen LogP contribution in [0.2, 0.25) is 0 Å². The molecule has 0 fully saturated rings. The van der Waals surface area contributed by atoms with E-state index in [0.29, 0.717) is 13.0 Å². The number of nitrogens with zero attached hydrogens (tertiary/aromatic N) is 1. The van der Waals surface area contributed by atoms with Crippen molar-refractivity contribution < 1.29 is 13.3 Å². The Kier molecular flexibility index (Phi) is 6.57. The number of hydrogen-bond acceptors (Lipinski definition) is 5. The summed E-state index contributed by atoms with van der Waals surface area (Å²) in [6.45, 7) is 4.66. The Bertz CT molecular complexity index is 587. The molecule has 0 saturated carbocycles. The maximum Gasteiger partial charge on any atom is 0.312 e. The summed E-state index contributed by atoms with van der Waals surface area (Å²) >= 11 is 0. The summed E-state index contributed by atoms with van der Waals surface area (Å²) in [5.74, 6) is 0. The fraction of sp³-hybridized carbons (Fsp3) is 0.538. The van der Waals surface area contributed by atoms with Gasteiger partial charge >= 0.3 is 5.69 Å². The lowest BCUT2D eigenvalue weighted by atomic mass is 10.2. The van der Waals surface area contributed by atoms with Crippen LogP contribution in [0.4, 0.5) is 11.4 Å². The summed E-state index contributed by atoms with van der Waals surface area (Å²) in [4.78, 5) is 10.3. The number of nitro benzene ring substituents is 1. The van der Waals surface area contributed by atoms with Crippen LogP contribution in [0.3, 0.4) is 0 Å². The normalized spacial score (nSPS) is 11.3. The summed E-state index contributed by atoms with van der Waals surface area (Å²) in [5.41, 5.74) is -0.185. The first-order valence-electron chi connectivity index (χ1n) is 6.95. The lowest BCUT2D eigenvalue weighted by Crippen LogP contribution is -2.25. The van der Waals surface area contributed by atoms with Gasteiger partial charge in [-0.05, 0) is 25.0 Å². The standard InChI is InChI=1S/C13H21N3O4S/c1-3-5-10-15-21(19,20)12-8-6-7-11(14-9-4-2)13(12)16(17)18/h6-8,14-15H,3-5,9-10H2,1-2H3. The van der Waals surface area contributed by atoms with Crippen LogP contribution >= 0.6 is 0 Å². The molecule has 7 nitrogen and oxygen atoms in total. The van der Waals surface area contributed by atoms with Gasteiger partial charge in [0, 0.05) is 13.1 Å². The minimum Gasteiger partial charge on any atom is -0.379 e. The molecule has 0 heterocycles. The van der Waals surface area contributed by atoms with Crippen molar-refractivity contribution >= 4 is 21.4 Å². The monoisotopic (exact) mass is 315 g/mol. The Balaban J connectivity index is 3.19. The van der Waals surface area contributed by atoms with Crippen molar-refractivity contribution in [2.45, 2.75) is 38.0 Å². The Labute approximate surface area is 124 Å². The first-order chi connectivity index (χ1) is 9.94. The van der Waals surface area contributed by atoms with Crippen LogP contribution in [0.15, 0.2) is 23.1 Å². The molecule has 1 rings (SSSR count). The molecule has 0 bridgehead atoms. The third kappa shape index (κ3) is 4.68. The quantitative estimate of drug-likeness (QED) is 0.414. The number of benzene rings is 1. The van der Waals surface area contributed by atoms with Gasteiger partial charge in [-0.2, -0.15) is 0 Å². The molecule has 21 heavy (non-hydrogen) atoms. The summed E-state index contributed by atoms with van der Waals surface area (Å²) in [6, 6.07) is 4.27. The third-order valence-electron chi connectivity index (χ3n) is 2.86. The Morgan fingerprint density at radius 2 is 1.90 bits per heavy atom. The summed E-state index contributed by atoms with van der Waals surface area (Å²) in [6.07, 6.45) is 2.30. The number of rotatable bonds is 9. The lowest BCUT2D eigenvalue weighted by Gasteiger charge is -2.10.